The van der Waals surface area contributed by atoms with E-state index in [4.69, 9.17) is 0 Å². The standard InChI is InChI=1S/C12H20N4/c1-10-6-12(15-14-7-10)16-5-3-4-11(9-16)8-13-2/h6-7,11,13H,3-5,8-9H2,1-2H3. The minimum atomic E-state index is 0.737. The number of piperidine rings is 1. The first-order valence-electron chi connectivity index (χ1n) is 5.98. The zero-order valence-electron chi connectivity index (χ0n) is 10.1. The van der Waals surface area contributed by atoms with E-state index in [0.29, 0.717) is 0 Å². The molecule has 0 spiro atoms. The molecule has 0 aromatic carbocycles. The quantitative estimate of drug-likeness (QED) is 0.831. The highest BCUT2D eigenvalue weighted by atomic mass is 15.3. The predicted molar refractivity (Wildman–Crippen MR) is 65.6 cm³/mol. The third-order valence-electron chi connectivity index (χ3n) is 3.11. The molecule has 4 nitrogen and oxygen atoms in total. The molecule has 4 heteroatoms. The molecule has 0 amide bonds. The van der Waals surface area contributed by atoms with Gasteiger partial charge in [0.2, 0.25) is 0 Å². The first-order valence-corrected chi connectivity index (χ1v) is 5.98. The van der Waals surface area contributed by atoms with Crippen molar-refractivity contribution in [2.75, 3.05) is 31.6 Å². The van der Waals surface area contributed by atoms with Gasteiger partial charge in [0.1, 0.15) is 0 Å². The average Bonchev–Trinajstić information content (AvgIpc) is 2.30. The molecule has 0 bridgehead atoms. The third-order valence-corrected chi connectivity index (χ3v) is 3.11. The van der Waals surface area contributed by atoms with Crippen molar-refractivity contribution >= 4 is 5.82 Å². The number of hydrogen-bond acceptors (Lipinski definition) is 4. The number of nitrogens with one attached hydrogen (secondary N) is 1. The number of aromatic nitrogens is 2. The Morgan fingerprint density at radius 1 is 1.56 bits per heavy atom. The summed E-state index contributed by atoms with van der Waals surface area (Å²) in [5.74, 6) is 1.77. The molecule has 1 fully saturated rings. The molecule has 16 heavy (non-hydrogen) atoms. The lowest BCUT2D eigenvalue weighted by Gasteiger charge is -2.33. The van der Waals surface area contributed by atoms with Crippen molar-refractivity contribution in [1.82, 2.24) is 15.5 Å². The zero-order valence-corrected chi connectivity index (χ0v) is 10.1. The van der Waals surface area contributed by atoms with Gasteiger partial charge in [-0.3, -0.25) is 0 Å². The summed E-state index contributed by atoms with van der Waals surface area (Å²) < 4.78 is 0. The number of hydrogen-bond donors (Lipinski definition) is 1. The fraction of sp³-hybridized carbons (Fsp3) is 0.667. The maximum absolute atomic E-state index is 4.21. The van der Waals surface area contributed by atoms with Crippen molar-refractivity contribution in [3.05, 3.63) is 17.8 Å². The number of rotatable bonds is 3. The summed E-state index contributed by atoms with van der Waals surface area (Å²) in [5, 5.41) is 11.5. The van der Waals surface area contributed by atoms with Crippen molar-refractivity contribution in [3.8, 4) is 0 Å². The van der Waals surface area contributed by atoms with Gasteiger partial charge in [-0.15, -0.1) is 5.10 Å². The molecule has 1 aliphatic rings. The molecule has 1 aliphatic heterocycles. The number of aryl methyl sites for hydroxylation is 1. The first-order chi connectivity index (χ1) is 7.79. The second kappa shape index (κ2) is 5.25. The van der Waals surface area contributed by atoms with Crippen LogP contribution < -0.4 is 10.2 Å². The Kier molecular flexibility index (Phi) is 3.72. The molecule has 0 radical (unpaired) electrons. The maximum Gasteiger partial charge on any atom is 0.151 e. The fourth-order valence-corrected chi connectivity index (χ4v) is 2.33. The normalized spacial score (nSPS) is 21.1. The van der Waals surface area contributed by atoms with E-state index in [1.165, 1.54) is 18.4 Å². The van der Waals surface area contributed by atoms with Crippen LogP contribution in [0.4, 0.5) is 5.82 Å². The summed E-state index contributed by atoms with van der Waals surface area (Å²) in [5.41, 5.74) is 1.18. The van der Waals surface area contributed by atoms with Gasteiger partial charge in [0.25, 0.3) is 0 Å². The molecule has 88 valence electrons. The average molecular weight is 220 g/mol. The van der Waals surface area contributed by atoms with Gasteiger partial charge in [0.05, 0.1) is 6.20 Å². The van der Waals surface area contributed by atoms with E-state index in [0.717, 1.165) is 31.4 Å². The van der Waals surface area contributed by atoms with Gasteiger partial charge in [-0.05, 0) is 50.9 Å². The van der Waals surface area contributed by atoms with Crippen LogP contribution in [0.5, 0.6) is 0 Å². The minimum Gasteiger partial charge on any atom is -0.355 e. The summed E-state index contributed by atoms with van der Waals surface area (Å²) >= 11 is 0. The SMILES string of the molecule is CNCC1CCCN(c2cc(C)cnn2)C1. The molecule has 0 aliphatic carbocycles. The monoisotopic (exact) mass is 220 g/mol. The van der Waals surface area contributed by atoms with Crippen LogP contribution in [0.2, 0.25) is 0 Å². The van der Waals surface area contributed by atoms with Crippen LogP contribution in [0.15, 0.2) is 12.3 Å². The maximum atomic E-state index is 4.21. The Bertz CT molecular complexity index is 338. The second-order valence-electron chi connectivity index (χ2n) is 4.60. The highest BCUT2D eigenvalue weighted by Crippen LogP contribution is 2.21. The Hall–Kier alpha value is -1.16. The highest BCUT2D eigenvalue weighted by Gasteiger charge is 2.20. The van der Waals surface area contributed by atoms with Crippen molar-refractivity contribution in [1.29, 1.82) is 0 Å². The van der Waals surface area contributed by atoms with Crippen molar-refractivity contribution in [3.63, 3.8) is 0 Å². The van der Waals surface area contributed by atoms with E-state index >= 15 is 0 Å². The van der Waals surface area contributed by atoms with Crippen molar-refractivity contribution < 1.29 is 0 Å². The van der Waals surface area contributed by atoms with E-state index in [1.54, 1.807) is 6.20 Å². The van der Waals surface area contributed by atoms with Crippen LogP contribution in [-0.2, 0) is 0 Å². The van der Waals surface area contributed by atoms with Gasteiger partial charge in [-0.1, -0.05) is 0 Å². The second-order valence-corrected chi connectivity index (χ2v) is 4.60. The minimum absolute atomic E-state index is 0.737. The summed E-state index contributed by atoms with van der Waals surface area (Å²) in [6, 6.07) is 2.12. The molecule has 1 saturated heterocycles. The Morgan fingerprint density at radius 3 is 3.19 bits per heavy atom. The van der Waals surface area contributed by atoms with E-state index in [9.17, 15) is 0 Å². The lowest BCUT2D eigenvalue weighted by molar-refractivity contribution is 0.400. The summed E-state index contributed by atoms with van der Waals surface area (Å²) in [6.07, 6.45) is 4.37. The van der Waals surface area contributed by atoms with Gasteiger partial charge >= 0.3 is 0 Å². The molecule has 2 rings (SSSR count). The molecular weight excluding hydrogens is 200 g/mol. The lowest BCUT2D eigenvalue weighted by atomic mass is 9.98. The van der Waals surface area contributed by atoms with Crippen molar-refractivity contribution in [2.24, 2.45) is 5.92 Å². The fourth-order valence-electron chi connectivity index (χ4n) is 2.33. The van der Waals surface area contributed by atoms with Crippen LogP contribution in [-0.4, -0.2) is 36.9 Å². The molecule has 1 unspecified atom stereocenters. The topological polar surface area (TPSA) is 41.0 Å². The van der Waals surface area contributed by atoms with Crippen molar-refractivity contribution in [2.45, 2.75) is 19.8 Å². The predicted octanol–water partition coefficient (Wildman–Crippen LogP) is 1.22. The molecule has 0 saturated carbocycles. The zero-order chi connectivity index (χ0) is 11.4. The molecule has 1 aromatic heterocycles. The molecule has 1 atom stereocenters. The van der Waals surface area contributed by atoms with E-state index in [2.05, 4.69) is 33.4 Å². The lowest BCUT2D eigenvalue weighted by Crippen LogP contribution is -2.39. The van der Waals surface area contributed by atoms with E-state index in [1.807, 2.05) is 7.05 Å². The first kappa shape index (κ1) is 11.3. The molecule has 1 aromatic rings. The Balaban J connectivity index is 2.03. The van der Waals surface area contributed by atoms with E-state index in [-0.39, 0.29) is 0 Å². The highest BCUT2D eigenvalue weighted by molar-refractivity contribution is 5.39. The largest absolute Gasteiger partial charge is 0.355 e. The van der Waals surface area contributed by atoms with Gasteiger partial charge in [0, 0.05) is 13.1 Å². The van der Waals surface area contributed by atoms with Crippen LogP contribution in [0.3, 0.4) is 0 Å². The molecule has 1 N–H and O–H groups in total. The van der Waals surface area contributed by atoms with E-state index < -0.39 is 0 Å². The third kappa shape index (κ3) is 2.70. The molecule has 2 heterocycles. The smallest absolute Gasteiger partial charge is 0.151 e. The molecular formula is C12H20N4. The van der Waals surface area contributed by atoms with Crippen LogP contribution in [0.1, 0.15) is 18.4 Å². The Morgan fingerprint density at radius 2 is 2.44 bits per heavy atom. The van der Waals surface area contributed by atoms with Crippen LogP contribution in [0, 0.1) is 12.8 Å². The summed E-state index contributed by atoms with van der Waals surface area (Å²) in [4.78, 5) is 2.35. The summed E-state index contributed by atoms with van der Waals surface area (Å²) in [6.45, 7) is 5.36. The summed E-state index contributed by atoms with van der Waals surface area (Å²) in [7, 11) is 2.02. The van der Waals surface area contributed by atoms with Gasteiger partial charge in [-0.2, -0.15) is 5.10 Å². The van der Waals surface area contributed by atoms with Crippen LogP contribution in [0.25, 0.3) is 0 Å². The van der Waals surface area contributed by atoms with Gasteiger partial charge < -0.3 is 10.2 Å². The van der Waals surface area contributed by atoms with Crippen LogP contribution >= 0.6 is 0 Å². The number of nitrogens with zero attached hydrogens (tertiary/aromatic N) is 3. The number of anilines is 1. The van der Waals surface area contributed by atoms with Gasteiger partial charge in [-0.25, -0.2) is 0 Å². The Labute approximate surface area is 97.1 Å². The van der Waals surface area contributed by atoms with Gasteiger partial charge in [0.15, 0.2) is 5.82 Å².